The predicted molar refractivity (Wildman–Crippen MR) is 118 cm³/mol. The number of aromatic nitrogens is 3. The van der Waals surface area contributed by atoms with E-state index in [4.69, 9.17) is 16.3 Å². The average molecular weight is 441 g/mol. The molecule has 2 aromatic carbocycles. The molecule has 4 aromatic rings. The van der Waals surface area contributed by atoms with Crippen molar-refractivity contribution >= 4 is 51.7 Å². The first-order valence-electron chi connectivity index (χ1n) is 9.22. The number of hydrogen-bond acceptors (Lipinski definition) is 6. The van der Waals surface area contributed by atoms with Crippen molar-refractivity contribution < 1.29 is 13.9 Å². The molecule has 0 aliphatic rings. The predicted octanol–water partition coefficient (Wildman–Crippen LogP) is 4.91. The summed E-state index contributed by atoms with van der Waals surface area (Å²) in [5, 5.41) is 9.78. The van der Waals surface area contributed by atoms with Gasteiger partial charge in [0.1, 0.15) is 5.75 Å². The Morgan fingerprint density at radius 2 is 1.90 bits per heavy atom. The number of nitrogens with zero attached hydrogens (tertiary/aromatic N) is 3. The van der Waals surface area contributed by atoms with Crippen molar-refractivity contribution in [3.05, 3.63) is 65.7 Å². The number of carbonyl (C=O) groups is 1. The second kappa shape index (κ2) is 8.49. The number of methoxy groups -OCH3 is 1. The lowest BCUT2D eigenvalue weighted by atomic mass is 10.2. The summed E-state index contributed by atoms with van der Waals surface area (Å²) in [5.41, 5.74) is 1.89. The van der Waals surface area contributed by atoms with E-state index in [1.165, 1.54) is 11.7 Å². The van der Waals surface area contributed by atoms with Crippen LogP contribution in [0.5, 0.6) is 5.75 Å². The van der Waals surface area contributed by atoms with Crippen LogP contribution in [0.1, 0.15) is 0 Å². The molecule has 10 heteroatoms. The maximum atomic E-state index is 14.3. The monoisotopic (exact) mass is 440 g/mol. The minimum absolute atomic E-state index is 0.0199. The fourth-order valence-corrected chi connectivity index (χ4v) is 3.29. The Bertz CT molecular complexity index is 1280. The number of benzene rings is 2. The summed E-state index contributed by atoms with van der Waals surface area (Å²) in [4.78, 5) is 20.2. The van der Waals surface area contributed by atoms with E-state index in [-0.39, 0.29) is 17.8 Å². The van der Waals surface area contributed by atoms with Gasteiger partial charge in [0.2, 0.25) is 5.95 Å². The number of rotatable bonds is 5. The number of anilines is 4. The molecule has 0 radical (unpaired) electrons. The van der Waals surface area contributed by atoms with Crippen LogP contribution in [0.15, 0.2) is 54.9 Å². The molecule has 4 rings (SSSR count). The van der Waals surface area contributed by atoms with E-state index < -0.39 is 5.82 Å². The Labute approximate surface area is 182 Å². The topological polar surface area (TPSA) is 93.1 Å². The molecule has 0 saturated carbocycles. The molecular formula is C21H18ClFN6O2. The van der Waals surface area contributed by atoms with E-state index in [1.807, 2.05) is 18.2 Å². The van der Waals surface area contributed by atoms with Gasteiger partial charge in [-0.1, -0.05) is 17.7 Å². The first-order chi connectivity index (χ1) is 15.0. The van der Waals surface area contributed by atoms with Crippen LogP contribution in [0.25, 0.3) is 10.9 Å². The quantitative estimate of drug-likeness (QED) is 0.408. The van der Waals surface area contributed by atoms with Crippen molar-refractivity contribution in [2.45, 2.75) is 0 Å². The van der Waals surface area contributed by atoms with Gasteiger partial charge in [0, 0.05) is 30.0 Å². The molecule has 2 aromatic heterocycles. The molecule has 0 fully saturated rings. The van der Waals surface area contributed by atoms with Crippen molar-refractivity contribution in [2.75, 3.05) is 24.8 Å². The molecule has 31 heavy (non-hydrogen) atoms. The third-order valence-corrected chi connectivity index (χ3v) is 4.84. The summed E-state index contributed by atoms with van der Waals surface area (Å²) in [5.74, 6) is 0.0468. The lowest BCUT2D eigenvalue weighted by molar-refractivity contribution is 0.245. The molecule has 0 saturated heterocycles. The fraction of sp³-hybridized carbons (Fsp3) is 0.0952. The molecule has 0 aliphatic carbocycles. The normalized spacial score (nSPS) is 10.7. The molecule has 158 valence electrons. The Hall–Kier alpha value is -3.85. The maximum Gasteiger partial charge on any atom is 0.325 e. The van der Waals surface area contributed by atoms with Crippen LogP contribution in [0.3, 0.4) is 0 Å². The van der Waals surface area contributed by atoms with E-state index in [0.29, 0.717) is 27.7 Å². The standard InChI is InChI=1S/C21H18ClFN6O2/c1-24-21(30)29-8-7-12-3-4-14(10-17(12)29)27-20-25-11-16(23)19(28-20)26-13-5-6-18(31-2)15(22)9-13/h3-11H,1-2H3,(H,24,30)(H2,25,26,27,28). The molecular weight excluding hydrogens is 423 g/mol. The highest BCUT2D eigenvalue weighted by molar-refractivity contribution is 6.32. The Kier molecular flexibility index (Phi) is 5.59. The summed E-state index contributed by atoms with van der Waals surface area (Å²) >= 11 is 6.12. The van der Waals surface area contributed by atoms with Gasteiger partial charge in [-0.05, 0) is 36.4 Å². The summed E-state index contributed by atoms with van der Waals surface area (Å²) in [6, 6.07) is 12.0. The van der Waals surface area contributed by atoms with Gasteiger partial charge in [-0.2, -0.15) is 4.98 Å². The highest BCUT2D eigenvalue weighted by atomic mass is 35.5. The fourth-order valence-electron chi connectivity index (χ4n) is 3.03. The van der Waals surface area contributed by atoms with Crippen LogP contribution >= 0.6 is 11.6 Å². The molecule has 2 heterocycles. The summed E-state index contributed by atoms with van der Waals surface area (Å²) in [6.45, 7) is 0. The van der Waals surface area contributed by atoms with Crippen LogP contribution in [0.4, 0.5) is 32.3 Å². The lowest BCUT2D eigenvalue weighted by Crippen LogP contribution is -2.23. The molecule has 0 atom stereocenters. The number of carbonyl (C=O) groups excluding carboxylic acids is 1. The number of fused-ring (bicyclic) bond motifs is 1. The second-order valence-corrected chi connectivity index (χ2v) is 6.91. The Morgan fingerprint density at radius 1 is 1.13 bits per heavy atom. The number of nitrogens with one attached hydrogen (secondary N) is 3. The van der Waals surface area contributed by atoms with Gasteiger partial charge in [-0.15, -0.1) is 0 Å². The van der Waals surface area contributed by atoms with Crippen LogP contribution in [-0.4, -0.2) is 34.7 Å². The van der Waals surface area contributed by atoms with E-state index in [9.17, 15) is 9.18 Å². The summed E-state index contributed by atoms with van der Waals surface area (Å²) < 4.78 is 20.9. The van der Waals surface area contributed by atoms with E-state index in [1.54, 1.807) is 37.5 Å². The van der Waals surface area contributed by atoms with E-state index >= 15 is 0 Å². The molecule has 0 aliphatic heterocycles. The SMILES string of the molecule is CNC(=O)n1ccc2ccc(Nc3ncc(F)c(Nc4ccc(OC)c(Cl)c4)n3)cc21. The third-order valence-electron chi connectivity index (χ3n) is 4.54. The van der Waals surface area contributed by atoms with Crippen LogP contribution < -0.4 is 20.7 Å². The van der Waals surface area contributed by atoms with Crippen LogP contribution in [0.2, 0.25) is 5.02 Å². The number of halogens is 2. The highest BCUT2D eigenvalue weighted by Crippen LogP contribution is 2.29. The van der Waals surface area contributed by atoms with Crippen molar-refractivity contribution in [3.8, 4) is 5.75 Å². The van der Waals surface area contributed by atoms with Crippen molar-refractivity contribution in [2.24, 2.45) is 0 Å². The first-order valence-corrected chi connectivity index (χ1v) is 9.59. The number of ether oxygens (including phenoxy) is 1. The molecule has 0 spiro atoms. The average Bonchev–Trinajstić information content (AvgIpc) is 3.19. The third kappa shape index (κ3) is 4.22. The summed E-state index contributed by atoms with van der Waals surface area (Å²) in [7, 11) is 3.08. The zero-order valence-corrected chi connectivity index (χ0v) is 17.4. The largest absolute Gasteiger partial charge is 0.495 e. The van der Waals surface area contributed by atoms with Crippen molar-refractivity contribution in [3.63, 3.8) is 0 Å². The lowest BCUT2D eigenvalue weighted by Gasteiger charge is -2.11. The van der Waals surface area contributed by atoms with Gasteiger partial charge < -0.3 is 20.7 Å². The number of hydrogen-bond donors (Lipinski definition) is 3. The minimum atomic E-state index is -0.624. The van der Waals surface area contributed by atoms with E-state index in [0.717, 1.165) is 11.6 Å². The summed E-state index contributed by atoms with van der Waals surface area (Å²) in [6.07, 6.45) is 2.75. The number of amides is 1. The smallest absolute Gasteiger partial charge is 0.325 e. The molecule has 0 unspecified atom stereocenters. The Balaban J connectivity index is 1.60. The van der Waals surface area contributed by atoms with Gasteiger partial charge in [0.15, 0.2) is 11.6 Å². The van der Waals surface area contributed by atoms with Gasteiger partial charge in [0.05, 0.1) is 23.8 Å². The van der Waals surface area contributed by atoms with E-state index in [2.05, 4.69) is 25.9 Å². The zero-order chi connectivity index (χ0) is 22.0. The van der Waals surface area contributed by atoms with Crippen LogP contribution in [-0.2, 0) is 0 Å². The van der Waals surface area contributed by atoms with Gasteiger partial charge in [-0.25, -0.2) is 14.2 Å². The zero-order valence-electron chi connectivity index (χ0n) is 16.6. The second-order valence-electron chi connectivity index (χ2n) is 6.50. The van der Waals surface area contributed by atoms with Crippen molar-refractivity contribution in [1.82, 2.24) is 19.9 Å². The van der Waals surface area contributed by atoms with Gasteiger partial charge >= 0.3 is 6.03 Å². The maximum absolute atomic E-state index is 14.3. The molecule has 0 bridgehead atoms. The van der Waals surface area contributed by atoms with Gasteiger partial charge in [-0.3, -0.25) is 4.57 Å². The minimum Gasteiger partial charge on any atom is -0.495 e. The molecule has 8 nitrogen and oxygen atoms in total. The van der Waals surface area contributed by atoms with Crippen LogP contribution in [0, 0.1) is 5.82 Å². The molecule has 1 amide bonds. The molecule has 3 N–H and O–H groups in total. The highest BCUT2D eigenvalue weighted by Gasteiger charge is 2.11. The Morgan fingerprint density at radius 3 is 2.65 bits per heavy atom. The van der Waals surface area contributed by atoms with Gasteiger partial charge in [0.25, 0.3) is 0 Å². The van der Waals surface area contributed by atoms with Crippen molar-refractivity contribution in [1.29, 1.82) is 0 Å². The first kappa shape index (κ1) is 20.4.